The molecule has 3 aliphatic carbocycles. The SMILES string of the molecule is CC(=O)Oc1cc(O)c(CC=C(C)C)c2c1C(=O)C1=C[C@@H]3C[C@H]4C(C)(C)O[C@@](CC=C(C)C)(C3=O)C14O2. The minimum Gasteiger partial charge on any atom is -0.507 e. The van der Waals surface area contributed by atoms with Crippen molar-refractivity contribution in [2.24, 2.45) is 11.8 Å². The summed E-state index contributed by atoms with van der Waals surface area (Å²) in [6.45, 7) is 12.9. The summed E-state index contributed by atoms with van der Waals surface area (Å²) in [7, 11) is 0. The molecule has 0 aromatic heterocycles. The smallest absolute Gasteiger partial charge is 0.308 e. The van der Waals surface area contributed by atoms with Gasteiger partial charge in [-0.3, -0.25) is 14.4 Å². The maximum absolute atomic E-state index is 14.3. The first-order chi connectivity index (χ1) is 17.2. The highest BCUT2D eigenvalue weighted by Crippen LogP contribution is 2.68. The first kappa shape index (κ1) is 25.5. The summed E-state index contributed by atoms with van der Waals surface area (Å²) in [5, 5.41) is 11.0. The highest BCUT2D eigenvalue weighted by atomic mass is 16.6. The third kappa shape index (κ3) is 3.39. The Labute approximate surface area is 217 Å². The second-order valence-electron chi connectivity index (χ2n) is 11.7. The first-order valence-corrected chi connectivity index (χ1v) is 12.8. The van der Waals surface area contributed by atoms with Gasteiger partial charge in [0.25, 0.3) is 0 Å². The van der Waals surface area contributed by atoms with Crippen LogP contribution in [0, 0.1) is 11.8 Å². The number of Topliss-reactive ketones (excluding diaryl/α,β-unsaturated/α-hetero) is 2. The van der Waals surface area contributed by atoms with Crippen LogP contribution in [0.2, 0.25) is 0 Å². The van der Waals surface area contributed by atoms with Crippen molar-refractivity contribution in [2.45, 2.75) is 84.5 Å². The van der Waals surface area contributed by atoms with E-state index in [9.17, 15) is 19.5 Å². The van der Waals surface area contributed by atoms with E-state index in [0.717, 1.165) is 11.1 Å². The van der Waals surface area contributed by atoms with Crippen molar-refractivity contribution in [1.29, 1.82) is 0 Å². The van der Waals surface area contributed by atoms with Crippen molar-refractivity contribution in [3.63, 3.8) is 0 Å². The number of ether oxygens (including phenoxy) is 3. The second kappa shape index (κ2) is 8.15. The number of carbonyl (C=O) groups is 3. The molecule has 1 saturated carbocycles. The standard InChI is InChI=1S/C30H34O7/c1-15(2)8-9-19-21(32)14-22(35-17(5)31)24-25(33)20-12-18-13-23-28(6,7)37-29(27(18)34,11-10-16(3)4)30(20,23)36-26(19)24/h8,10,12,14,18,23,32H,9,11,13H2,1-7H3/t18-,23+,29+,30?/m1/s1. The quantitative estimate of drug-likeness (QED) is 0.333. The number of phenols is 1. The van der Waals surface area contributed by atoms with Gasteiger partial charge in [-0.25, -0.2) is 0 Å². The number of aromatic hydroxyl groups is 1. The lowest BCUT2D eigenvalue weighted by Gasteiger charge is -2.56. The predicted molar refractivity (Wildman–Crippen MR) is 137 cm³/mol. The number of fused-ring (bicyclic) bond motifs is 1. The molecule has 1 aromatic carbocycles. The molecule has 196 valence electrons. The maximum atomic E-state index is 14.3. The third-order valence-electron chi connectivity index (χ3n) is 8.18. The van der Waals surface area contributed by atoms with Crippen molar-refractivity contribution in [1.82, 2.24) is 0 Å². The molecule has 0 radical (unpaired) electrons. The van der Waals surface area contributed by atoms with Crippen LogP contribution in [0.25, 0.3) is 0 Å². The number of allylic oxidation sites excluding steroid dienone is 4. The summed E-state index contributed by atoms with van der Waals surface area (Å²) >= 11 is 0. The largest absolute Gasteiger partial charge is 0.507 e. The molecule has 5 aliphatic rings. The molecular formula is C30H34O7. The van der Waals surface area contributed by atoms with Crippen LogP contribution in [0.5, 0.6) is 17.2 Å². The molecule has 37 heavy (non-hydrogen) atoms. The highest BCUT2D eigenvalue weighted by Gasteiger charge is 2.81. The van der Waals surface area contributed by atoms with Crippen LogP contribution in [-0.2, 0) is 20.7 Å². The monoisotopic (exact) mass is 506 g/mol. The molecule has 1 spiro atoms. The Kier molecular flexibility index (Phi) is 5.61. The Bertz CT molecular complexity index is 1340. The van der Waals surface area contributed by atoms with Crippen LogP contribution in [0.15, 0.2) is 41.0 Å². The fraction of sp³-hybridized carbons (Fsp3) is 0.500. The van der Waals surface area contributed by atoms with Crippen LogP contribution in [-0.4, -0.2) is 39.4 Å². The molecule has 1 unspecified atom stereocenters. The Morgan fingerprint density at radius 3 is 2.43 bits per heavy atom. The lowest BCUT2D eigenvalue weighted by Crippen LogP contribution is -2.72. The van der Waals surface area contributed by atoms with Gasteiger partial charge in [-0.15, -0.1) is 0 Å². The second-order valence-corrected chi connectivity index (χ2v) is 11.7. The van der Waals surface area contributed by atoms with Gasteiger partial charge in [0, 0.05) is 42.4 Å². The molecular weight excluding hydrogens is 472 g/mol. The molecule has 7 heteroatoms. The van der Waals surface area contributed by atoms with Gasteiger partial charge >= 0.3 is 5.97 Å². The minimum atomic E-state index is -1.39. The Morgan fingerprint density at radius 1 is 1.14 bits per heavy atom. The van der Waals surface area contributed by atoms with Crippen LogP contribution >= 0.6 is 0 Å². The zero-order valence-corrected chi connectivity index (χ0v) is 22.5. The molecule has 1 saturated heterocycles. The lowest BCUT2D eigenvalue weighted by atomic mass is 9.51. The number of benzene rings is 1. The zero-order chi connectivity index (χ0) is 27.1. The Balaban J connectivity index is 1.83. The van der Waals surface area contributed by atoms with Gasteiger partial charge in [0.15, 0.2) is 22.8 Å². The average molecular weight is 507 g/mol. The molecule has 4 atom stereocenters. The molecule has 2 heterocycles. The molecule has 6 rings (SSSR count). The van der Waals surface area contributed by atoms with Gasteiger partial charge in [-0.05, 0) is 54.4 Å². The normalized spacial score (nSPS) is 30.1. The summed E-state index contributed by atoms with van der Waals surface area (Å²) in [4.78, 5) is 40.3. The molecule has 2 aliphatic heterocycles. The summed E-state index contributed by atoms with van der Waals surface area (Å²) < 4.78 is 19.0. The number of hydrogen-bond acceptors (Lipinski definition) is 7. The molecule has 1 aromatic rings. The van der Waals surface area contributed by atoms with Crippen LogP contribution in [0.3, 0.4) is 0 Å². The van der Waals surface area contributed by atoms with E-state index in [1.165, 1.54) is 13.0 Å². The van der Waals surface area contributed by atoms with Crippen molar-refractivity contribution < 1.29 is 33.7 Å². The number of esters is 1. The van der Waals surface area contributed by atoms with Gasteiger partial charge in [0.1, 0.15) is 22.8 Å². The lowest BCUT2D eigenvalue weighted by molar-refractivity contribution is -0.171. The summed E-state index contributed by atoms with van der Waals surface area (Å²) in [6.07, 6.45) is 6.69. The van der Waals surface area contributed by atoms with Crippen LogP contribution in [0.1, 0.15) is 77.2 Å². The van der Waals surface area contributed by atoms with Crippen molar-refractivity contribution in [3.05, 3.63) is 52.1 Å². The van der Waals surface area contributed by atoms with E-state index in [2.05, 4.69) is 0 Å². The van der Waals surface area contributed by atoms with Crippen LogP contribution in [0.4, 0.5) is 0 Å². The van der Waals surface area contributed by atoms with Gasteiger partial charge in [0.2, 0.25) is 0 Å². The summed E-state index contributed by atoms with van der Waals surface area (Å²) in [5.74, 6) is -1.86. The van der Waals surface area contributed by atoms with E-state index in [1.54, 1.807) is 6.08 Å². The zero-order valence-electron chi connectivity index (χ0n) is 22.5. The van der Waals surface area contributed by atoms with E-state index in [1.807, 2.05) is 53.7 Å². The molecule has 1 N–H and O–H groups in total. The maximum Gasteiger partial charge on any atom is 0.308 e. The third-order valence-corrected chi connectivity index (χ3v) is 8.18. The minimum absolute atomic E-state index is 0.0552. The fourth-order valence-corrected chi connectivity index (χ4v) is 6.70. The number of carbonyl (C=O) groups excluding carboxylic acids is 3. The van der Waals surface area contributed by atoms with Crippen molar-refractivity contribution in [2.75, 3.05) is 0 Å². The molecule has 4 bridgehead atoms. The number of ketones is 2. The highest BCUT2D eigenvalue weighted by molar-refractivity contribution is 6.18. The van der Waals surface area contributed by atoms with E-state index < -0.39 is 28.7 Å². The van der Waals surface area contributed by atoms with Crippen LogP contribution < -0.4 is 9.47 Å². The average Bonchev–Trinajstić information content (AvgIpc) is 2.94. The van der Waals surface area contributed by atoms with E-state index in [0.29, 0.717) is 24.0 Å². The Hall–Kier alpha value is -3.19. The molecule has 0 amide bonds. The molecule has 7 nitrogen and oxygen atoms in total. The fourth-order valence-electron chi connectivity index (χ4n) is 6.70. The van der Waals surface area contributed by atoms with Gasteiger partial charge in [-0.2, -0.15) is 0 Å². The predicted octanol–water partition coefficient (Wildman–Crippen LogP) is 5.19. The first-order valence-electron chi connectivity index (χ1n) is 12.8. The van der Waals surface area contributed by atoms with Crippen molar-refractivity contribution >= 4 is 17.5 Å². The van der Waals surface area contributed by atoms with Crippen molar-refractivity contribution in [3.8, 4) is 17.2 Å². The summed E-state index contributed by atoms with van der Waals surface area (Å²) in [6, 6.07) is 1.30. The number of hydrogen-bond donors (Lipinski definition) is 1. The number of rotatable bonds is 5. The molecule has 2 fully saturated rings. The van der Waals surface area contributed by atoms with Gasteiger partial charge < -0.3 is 19.3 Å². The number of phenolic OH excluding ortho intramolecular Hbond substituents is 1. The summed E-state index contributed by atoms with van der Waals surface area (Å²) in [5.41, 5.74) is -0.569. The van der Waals surface area contributed by atoms with Gasteiger partial charge in [-0.1, -0.05) is 29.4 Å². The van der Waals surface area contributed by atoms with E-state index in [-0.39, 0.29) is 46.7 Å². The van der Waals surface area contributed by atoms with Gasteiger partial charge in [0.05, 0.1) is 5.60 Å². The topological polar surface area (TPSA) is 99.1 Å². The van der Waals surface area contributed by atoms with E-state index >= 15 is 0 Å². The van der Waals surface area contributed by atoms with E-state index in [4.69, 9.17) is 14.2 Å². The Morgan fingerprint density at radius 2 is 1.81 bits per heavy atom.